The van der Waals surface area contributed by atoms with Gasteiger partial charge in [-0.1, -0.05) is 30.3 Å². The van der Waals surface area contributed by atoms with Gasteiger partial charge in [-0.05, 0) is 30.7 Å². The predicted molar refractivity (Wildman–Crippen MR) is 92.3 cm³/mol. The molecule has 2 atom stereocenters. The van der Waals surface area contributed by atoms with Gasteiger partial charge in [-0.15, -0.1) is 11.3 Å². The zero-order chi connectivity index (χ0) is 15.4. The van der Waals surface area contributed by atoms with Gasteiger partial charge in [-0.25, -0.2) is 4.98 Å². The summed E-state index contributed by atoms with van der Waals surface area (Å²) in [6.07, 6.45) is 3.17. The Labute approximate surface area is 135 Å². The molecule has 1 aliphatic carbocycles. The van der Waals surface area contributed by atoms with E-state index in [0.29, 0.717) is 11.8 Å². The summed E-state index contributed by atoms with van der Waals surface area (Å²) in [6.45, 7) is 3.77. The van der Waals surface area contributed by atoms with Crippen molar-refractivity contribution < 1.29 is 0 Å². The van der Waals surface area contributed by atoms with E-state index in [2.05, 4.69) is 57.9 Å². The molecule has 1 aromatic carbocycles. The second-order valence-corrected chi connectivity index (χ2v) is 7.00. The van der Waals surface area contributed by atoms with Crippen molar-refractivity contribution in [1.29, 1.82) is 0 Å². The molecule has 0 radical (unpaired) electrons. The molecule has 0 spiro atoms. The molecular formula is C17H22N4S. The lowest BCUT2D eigenvalue weighted by atomic mass is 10.1. The van der Waals surface area contributed by atoms with Gasteiger partial charge in [0.15, 0.2) is 5.96 Å². The van der Waals surface area contributed by atoms with E-state index in [1.54, 1.807) is 11.3 Å². The normalized spacial score (nSPS) is 20.7. The molecule has 4 nitrogen and oxygen atoms in total. The minimum atomic E-state index is 0.702. The first-order chi connectivity index (χ1) is 10.8. The Morgan fingerprint density at radius 3 is 2.82 bits per heavy atom. The molecule has 0 saturated heterocycles. The van der Waals surface area contributed by atoms with Gasteiger partial charge >= 0.3 is 0 Å². The van der Waals surface area contributed by atoms with Crippen molar-refractivity contribution in [3.63, 3.8) is 0 Å². The number of aliphatic imine (C=N–C) groups is 1. The van der Waals surface area contributed by atoms with Crippen molar-refractivity contribution in [2.24, 2.45) is 10.9 Å². The molecule has 5 heteroatoms. The van der Waals surface area contributed by atoms with Crippen molar-refractivity contribution in [2.45, 2.75) is 25.8 Å². The lowest BCUT2D eigenvalue weighted by Gasteiger charge is -2.10. The predicted octanol–water partition coefficient (Wildman–Crippen LogP) is 2.92. The zero-order valence-corrected chi connectivity index (χ0v) is 13.9. The van der Waals surface area contributed by atoms with Crippen molar-refractivity contribution in [3.8, 4) is 0 Å². The highest BCUT2D eigenvalue weighted by Crippen LogP contribution is 2.46. The molecule has 0 bridgehead atoms. The summed E-state index contributed by atoms with van der Waals surface area (Å²) >= 11 is 1.72. The summed E-state index contributed by atoms with van der Waals surface area (Å²) in [5, 5.41) is 7.84. The third-order valence-electron chi connectivity index (χ3n) is 3.98. The molecule has 1 aromatic heterocycles. The highest BCUT2D eigenvalue weighted by atomic mass is 32.1. The third-order valence-corrected chi connectivity index (χ3v) is 4.89. The molecule has 22 heavy (non-hydrogen) atoms. The molecule has 0 amide bonds. The standard InChI is InChI=1S/C17H22N4S/c1-12-9-19-16(22-12)11-21-17(18-2)20-10-14-8-15(14)13-6-4-3-5-7-13/h3-7,9,14-15H,8,10-11H2,1-2H3,(H2,18,20,21). The van der Waals surface area contributed by atoms with E-state index in [0.717, 1.165) is 24.1 Å². The molecule has 0 aliphatic heterocycles. The number of hydrogen-bond acceptors (Lipinski definition) is 3. The lowest BCUT2D eigenvalue weighted by Crippen LogP contribution is -2.38. The van der Waals surface area contributed by atoms with Gasteiger partial charge in [0.25, 0.3) is 0 Å². The summed E-state index contributed by atoms with van der Waals surface area (Å²) in [7, 11) is 1.81. The minimum absolute atomic E-state index is 0.702. The van der Waals surface area contributed by atoms with Gasteiger partial charge in [0.1, 0.15) is 5.01 Å². The Hall–Kier alpha value is -1.88. The fourth-order valence-electron chi connectivity index (χ4n) is 2.67. The molecule has 2 unspecified atom stereocenters. The molecule has 1 heterocycles. The van der Waals surface area contributed by atoms with Gasteiger partial charge in [0, 0.05) is 24.7 Å². The van der Waals surface area contributed by atoms with Gasteiger partial charge in [0.2, 0.25) is 0 Å². The molecule has 116 valence electrons. The second kappa shape index (κ2) is 6.92. The van der Waals surface area contributed by atoms with Gasteiger partial charge in [-0.3, -0.25) is 4.99 Å². The van der Waals surface area contributed by atoms with E-state index in [4.69, 9.17) is 0 Å². The van der Waals surface area contributed by atoms with Crippen molar-refractivity contribution in [2.75, 3.05) is 13.6 Å². The van der Waals surface area contributed by atoms with Crippen LogP contribution in [0.1, 0.15) is 27.8 Å². The van der Waals surface area contributed by atoms with Crippen LogP contribution in [0.3, 0.4) is 0 Å². The van der Waals surface area contributed by atoms with E-state index in [9.17, 15) is 0 Å². The van der Waals surface area contributed by atoms with Crippen LogP contribution in [0.5, 0.6) is 0 Å². The number of guanidine groups is 1. The van der Waals surface area contributed by atoms with Gasteiger partial charge < -0.3 is 10.6 Å². The SMILES string of the molecule is CN=C(NCc1ncc(C)s1)NCC1CC1c1ccccc1. The van der Waals surface area contributed by atoms with Crippen LogP contribution in [-0.2, 0) is 6.54 Å². The van der Waals surface area contributed by atoms with Crippen molar-refractivity contribution in [1.82, 2.24) is 15.6 Å². The maximum Gasteiger partial charge on any atom is 0.191 e. The molecule has 1 fully saturated rings. The second-order valence-electron chi connectivity index (χ2n) is 5.68. The summed E-state index contributed by atoms with van der Waals surface area (Å²) in [6, 6.07) is 10.8. The molecular weight excluding hydrogens is 292 g/mol. The van der Waals surface area contributed by atoms with Crippen molar-refractivity contribution in [3.05, 3.63) is 52.0 Å². The van der Waals surface area contributed by atoms with Crippen LogP contribution >= 0.6 is 11.3 Å². The number of aromatic nitrogens is 1. The van der Waals surface area contributed by atoms with E-state index in [1.165, 1.54) is 16.9 Å². The summed E-state index contributed by atoms with van der Waals surface area (Å²) in [4.78, 5) is 9.87. The number of benzene rings is 1. The Balaban J connectivity index is 1.43. The number of nitrogens with zero attached hydrogens (tertiary/aromatic N) is 2. The van der Waals surface area contributed by atoms with E-state index >= 15 is 0 Å². The smallest absolute Gasteiger partial charge is 0.191 e. The fraction of sp³-hybridized carbons (Fsp3) is 0.412. The summed E-state index contributed by atoms with van der Waals surface area (Å²) in [5.74, 6) is 2.27. The average Bonchev–Trinajstić information content (AvgIpc) is 3.21. The minimum Gasteiger partial charge on any atom is -0.356 e. The fourth-order valence-corrected chi connectivity index (χ4v) is 3.40. The molecule has 2 aromatic rings. The Morgan fingerprint density at radius 1 is 1.32 bits per heavy atom. The van der Waals surface area contributed by atoms with Crippen molar-refractivity contribution >= 4 is 17.3 Å². The third kappa shape index (κ3) is 3.85. The lowest BCUT2D eigenvalue weighted by molar-refractivity contribution is 0.718. The zero-order valence-electron chi connectivity index (χ0n) is 13.0. The number of thiazole rings is 1. The quantitative estimate of drug-likeness (QED) is 0.659. The van der Waals surface area contributed by atoms with Crippen LogP contribution in [0.4, 0.5) is 0 Å². The Bertz CT molecular complexity index is 635. The topological polar surface area (TPSA) is 49.3 Å². The molecule has 3 rings (SSSR count). The maximum absolute atomic E-state index is 4.35. The highest BCUT2D eigenvalue weighted by molar-refractivity contribution is 7.11. The first-order valence-corrected chi connectivity index (χ1v) is 8.48. The van der Waals surface area contributed by atoms with E-state index in [1.807, 2.05) is 13.2 Å². The van der Waals surface area contributed by atoms with Crippen LogP contribution in [-0.4, -0.2) is 24.5 Å². The van der Waals surface area contributed by atoms with Crippen LogP contribution in [0, 0.1) is 12.8 Å². The number of hydrogen-bond donors (Lipinski definition) is 2. The van der Waals surface area contributed by atoms with E-state index < -0.39 is 0 Å². The van der Waals surface area contributed by atoms with Crippen LogP contribution < -0.4 is 10.6 Å². The number of rotatable bonds is 5. The number of aryl methyl sites for hydroxylation is 1. The Morgan fingerprint density at radius 2 is 2.14 bits per heavy atom. The highest BCUT2D eigenvalue weighted by Gasteiger charge is 2.37. The summed E-state index contributed by atoms with van der Waals surface area (Å²) in [5.41, 5.74) is 1.45. The first-order valence-electron chi connectivity index (χ1n) is 7.67. The molecule has 1 aliphatic rings. The first kappa shape index (κ1) is 15.0. The Kier molecular flexibility index (Phi) is 4.73. The van der Waals surface area contributed by atoms with Gasteiger partial charge in [-0.2, -0.15) is 0 Å². The monoisotopic (exact) mass is 314 g/mol. The van der Waals surface area contributed by atoms with Gasteiger partial charge in [0.05, 0.1) is 6.54 Å². The number of nitrogens with one attached hydrogen (secondary N) is 2. The summed E-state index contributed by atoms with van der Waals surface area (Å²) < 4.78 is 0. The van der Waals surface area contributed by atoms with Crippen LogP contribution in [0.25, 0.3) is 0 Å². The maximum atomic E-state index is 4.35. The van der Waals surface area contributed by atoms with Crippen LogP contribution in [0.2, 0.25) is 0 Å². The van der Waals surface area contributed by atoms with Crippen LogP contribution in [0.15, 0.2) is 41.5 Å². The molecule has 1 saturated carbocycles. The molecule has 2 N–H and O–H groups in total. The average molecular weight is 314 g/mol. The largest absolute Gasteiger partial charge is 0.356 e. The van der Waals surface area contributed by atoms with E-state index in [-0.39, 0.29) is 0 Å².